The zero-order chi connectivity index (χ0) is 26.2. The molecule has 7 rings (SSSR count). The van der Waals surface area contributed by atoms with Crippen molar-refractivity contribution in [3.05, 3.63) is 139 Å². The lowest BCUT2D eigenvalue weighted by Gasteiger charge is -2.11. The molecule has 0 aliphatic carbocycles. The van der Waals surface area contributed by atoms with Crippen molar-refractivity contribution in [1.82, 2.24) is 9.97 Å². The zero-order valence-electron chi connectivity index (χ0n) is 20.9. The van der Waals surface area contributed by atoms with Crippen molar-refractivity contribution < 1.29 is 0 Å². The predicted octanol–water partition coefficient (Wildman–Crippen LogP) is 10.1. The maximum atomic E-state index is 7.70. The highest BCUT2D eigenvalue weighted by molar-refractivity contribution is 7.26. The Bertz CT molecular complexity index is 1960. The molecular weight excluding hydrogens is 494 g/mol. The van der Waals surface area contributed by atoms with Crippen LogP contribution in [0.4, 0.5) is 5.69 Å². The Kier molecular flexibility index (Phi) is 5.70. The maximum absolute atomic E-state index is 7.70. The van der Waals surface area contributed by atoms with Crippen molar-refractivity contribution in [2.24, 2.45) is 0 Å². The van der Waals surface area contributed by atoms with Crippen molar-refractivity contribution in [2.45, 2.75) is 0 Å². The molecule has 0 aliphatic rings. The Labute approximate surface area is 230 Å². The van der Waals surface area contributed by atoms with Crippen LogP contribution < -0.4 is 0 Å². The van der Waals surface area contributed by atoms with Gasteiger partial charge in [0.1, 0.15) is 0 Å². The van der Waals surface area contributed by atoms with E-state index in [2.05, 4.69) is 81.5 Å². The Morgan fingerprint density at radius 1 is 0.513 bits per heavy atom. The quantitative estimate of drug-likeness (QED) is 0.218. The molecule has 7 aromatic rings. The van der Waals surface area contributed by atoms with Gasteiger partial charge >= 0.3 is 0 Å². The van der Waals surface area contributed by atoms with Gasteiger partial charge in [-0.1, -0.05) is 72.8 Å². The summed E-state index contributed by atoms with van der Waals surface area (Å²) in [5.41, 5.74) is 9.47. The van der Waals surface area contributed by atoms with Gasteiger partial charge in [-0.15, -0.1) is 11.3 Å². The van der Waals surface area contributed by atoms with Crippen LogP contribution in [0.25, 0.3) is 69.5 Å². The molecule has 3 nitrogen and oxygen atoms in total. The van der Waals surface area contributed by atoms with Crippen LogP contribution in [-0.2, 0) is 0 Å². The van der Waals surface area contributed by atoms with Gasteiger partial charge in [0.2, 0.25) is 0 Å². The van der Waals surface area contributed by atoms with Gasteiger partial charge in [-0.05, 0) is 63.7 Å². The maximum Gasteiger partial charge on any atom is 0.194 e. The molecule has 0 unspecified atom stereocenters. The average molecular weight is 516 g/mol. The van der Waals surface area contributed by atoms with Crippen LogP contribution >= 0.6 is 11.3 Å². The highest BCUT2D eigenvalue weighted by Gasteiger charge is 2.16. The zero-order valence-corrected chi connectivity index (χ0v) is 21.7. The number of hydrogen-bond donors (Lipinski definition) is 0. The third-order valence-corrected chi connectivity index (χ3v) is 8.36. The van der Waals surface area contributed by atoms with Gasteiger partial charge < -0.3 is 0 Å². The van der Waals surface area contributed by atoms with E-state index in [0.717, 1.165) is 38.9 Å². The first-order valence-corrected chi connectivity index (χ1v) is 13.5. The van der Waals surface area contributed by atoms with Crippen LogP contribution in [0.5, 0.6) is 0 Å². The molecule has 0 saturated heterocycles. The lowest BCUT2D eigenvalue weighted by atomic mass is 9.93. The highest BCUT2D eigenvalue weighted by atomic mass is 32.1. The minimum atomic E-state index is 0.674. The Hall–Kier alpha value is -5.11. The van der Waals surface area contributed by atoms with Gasteiger partial charge in [0.15, 0.2) is 5.69 Å². The molecule has 4 heteroatoms. The topological polar surface area (TPSA) is 30.1 Å². The van der Waals surface area contributed by atoms with E-state index < -0.39 is 0 Å². The third kappa shape index (κ3) is 4.06. The summed E-state index contributed by atoms with van der Waals surface area (Å²) < 4.78 is 2.44. The second-order valence-corrected chi connectivity index (χ2v) is 10.4. The SMILES string of the molecule is [C-]#[N+]c1ccccc1-c1cccc2c1sc1c(-c3cc(-c4cccnc4)cc(-c4cccnc4)c3)cccc12. The molecule has 0 radical (unpaired) electrons. The van der Waals surface area contributed by atoms with Gasteiger partial charge in [-0.2, -0.15) is 0 Å². The standard InChI is InChI=1S/C35H21N3S/c1-36-33-15-3-2-10-29(33)30-12-5-14-32-31-13-4-11-28(34(31)39-35(30)32)27-19-25(23-8-6-16-37-21-23)18-26(20-27)24-9-7-17-38-22-24/h2-22H. The largest absolute Gasteiger partial charge is 0.264 e. The summed E-state index contributed by atoms with van der Waals surface area (Å²) in [6.45, 7) is 7.70. The summed E-state index contributed by atoms with van der Waals surface area (Å²) in [5.74, 6) is 0. The Morgan fingerprint density at radius 2 is 1.08 bits per heavy atom. The van der Waals surface area contributed by atoms with Gasteiger partial charge in [0, 0.05) is 56.1 Å². The summed E-state index contributed by atoms with van der Waals surface area (Å²) in [6.07, 6.45) is 7.43. The molecule has 0 bridgehead atoms. The number of para-hydroxylation sites is 1. The lowest BCUT2D eigenvalue weighted by Crippen LogP contribution is -1.87. The minimum Gasteiger partial charge on any atom is -0.264 e. The second-order valence-electron chi connectivity index (χ2n) is 9.38. The van der Waals surface area contributed by atoms with E-state index in [1.54, 1.807) is 23.7 Å². The highest BCUT2D eigenvalue weighted by Crippen LogP contribution is 2.46. The van der Waals surface area contributed by atoms with Crippen LogP contribution in [0, 0.1) is 6.57 Å². The molecular formula is C35H21N3S. The second kappa shape index (κ2) is 9.64. The van der Waals surface area contributed by atoms with E-state index >= 15 is 0 Å². The van der Waals surface area contributed by atoms with Crippen LogP contribution in [0.3, 0.4) is 0 Å². The van der Waals surface area contributed by atoms with E-state index in [9.17, 15) is 0 Å². The molecule has 39 heavy (non-hydrogen) atoms. The minimum absolute atomic E-state index is 0.674. The van der Waals surface area contributed by atoms with Crippen molar-refractivity contribution in [1.29, 1.82) is 0 Å². The van der Waals surface area contributed by atoms with Crippen LogP contribution in [-0.4, -0.2) is 9.97 Å². The van der Waals surface area contributed by atoms with Crippen molar-refractivity contribution in [3.8, 4) is 44.5 Å². The van der Waals surface area contributed by atoms with Gasteiger partial charge in [-0.3, -0.25) is 9.97 Å². The number of rotatable bonds is 4. The molecule has 0 aliphatic heterocycles. The van der Waals surface area contributed by atoms with E-state index in [4.69, 9.17) is 6.57 Å². The fraction of sp³-hybridized carbons (Fsp3) is 0. The normalized spacial score (nSPS) is 11.1. The Morgan fingerprint density at radius 3 is 1.69 bits per heavy atom. The molecule has 0 atom stereocenters. The monoisotopic (exact) mass is 515 g/mol. The first-order valence-electron chi connectivity index (χ1n) is 12.7. The molecule has 0 saturated carbocycles. The van der Waals surface area contributed by atoms with Gasteiger partial charge in [0.05, 0.1) is 6.57 Å². The summed E-state index contributed by atoms with van der Waals surface area (Å²) in [5, 5.41) is 2.44. The van der Waals surface area contributed by atoms with Crippen molar-refractivity contribution in [2.75, 3.05) is 0 Å². The van der Waals surface area contributed by atoms with E-state index in [1.165, 1.54) is 25.7 Å². The summed E-state index contributed by atoms with van der Waals surface area (Å²) >= 11 is 1.80. The fourth-order valence-electron chi connectivity index (χ4n) is 5.24. The van der Waals surface area contributed by atoms with Crippen LogP contribution in [0.15, 0.2) is 128 Å². The molecule has 182 valence electrons. The van der Waals surface area contributed by atoms with E-state index in [0.29, 0.717) is 5.69 Å². The number of nitrogens with zero attached hydrogens (tertiary/aromatic N) is 3. The summed E-state index contributed by atoms with van der Waals surface area (Å²) in [7, 11) is 0. The molecule has 4 aromatic carbocycles. The number of pyridine rings is 2. The Balaban J connectivity index is 1.49. The van der Waals surface area contributed by atoms with E-state index in [1.807, 2.05) is 48.8 Å². The molecule has 0 amide bonds. The number of aromatic nitrogens is 2. The third-order valence-electron chi connectivity index (χ3n) is 7.07. The number of fused-ring (bicyclic) bond motifs is 3. The molecule has 3 aromatic heterocycles. The van der Waals surface area contributed by atoms with Crippen LogP contribution in [0.2, 0.25) is 0 Å². The predicted molar refractivity (Wildman–Crippen MR) is 163 cm³/mol. The summed E-state index contributed by atoms with van der Waals surface area (Å²) in [6, 6.07) is 35.7. The molecule has 3 heterocycles. The van der Waals surface area contributed by atoms with Gasteiger partial charge in [0.25, 0.3) is 0 Å². The van der Waals surface area contributed by atoms with Crippen molar-refractivity contribution in [3.63, 3.8) is 0 Å². The number of benzene rings is 4. The number of thiophene rings is 1. The molecule has 0 spiro atoms. The average Bonchev–Trinajstić information content (AvgIpc) is 3.41. The first-order chi connectivity index (χ1) is 19.3. The fourth-order valence-corrected chi connectivity index (χ4v) is 6.61. The molecule has 0 N–H and O–H groups in total. The smallest absolute Gasteiger partial charge is 0.194 e. The number of hydrogen-bond acceptors (Lipinski definition) is 3. The van der Waals surface area contributed by atoms with Crippen LogP contribution in [0.1, 0.15) is 0 Å². The molecule has 0 fully saturated rings. The van der Waals surface area contributed by atoms with Gasteiger partial charge in [-0.25, -0.2) is 4.85 Å². The lowest BCUT2D eigenvalue weighted by molar-refractivity contribution is 1.32. The summed E-state index contributed by atoms with van der Waals surface area (Å²) in [4.78, 5) is 12.5. The first kappa shape index (κ1) is 23.0. The van der Waals surface area contributed by atoms with E-state index in [-0.39, 0.29) is 0 Å². The van der Waals surface area contributed by atoms with Crippen molar-refractivity contribution >= 4 is 37.2 Å².